The van der Waals surface area contributed by atoms with Crippen molar-refractivity contribution in [2.75, 3.05) is 13.3 Å². The van der Waals surface area contributed by atoms with E-state index in [4.69, 9.17) is 13.9 Å². The highest BCUT2D eigenvalue weighted by molar-refractivity contribution is 6.16. The Labute approximate surface area is 181 Å². The molecular formula is C26H26NO4+. The van der Waals surface area contributed by atoms with Gasteiger partial charge in [-0.1, -0.05) is 54.6 Å². The number of hydrogen-bond acceptors (Lipinski definition) is 4. The van der Waals surface area contributed by atoms with Crippen molar-refractivity contribution in [3.05, 3.63) is 77.0 Å². The molecule has 31 heavy (non-hydrogen) atoms. The maximum Gasteiger partial charge on any atom is 0.342 e. The van der Waals surface area contributed by atoms with Crippen LogP contribution in [0.1, 0.15) is 47.1 Å². The molecule has 2 atom stereocenters. The van der Waals surface area contributed by atoms with Gasteiger partial charge in [0.2, 0.25) is 6.73 Å². The largest absolute Gasteiger partial charge is 0.462 e. The van der Waals surface area contributed by atoms with Crippen LogP contribution in [-0.4, -0.2) is 19.3 Å². The molecule has 1 N–H and O–H groups in total. The number of quaternary nitrogens is 1. The van der Waals surface area contributed by atoms with E-state index in [2.05, 4.69) is 37.3 Å². The van der Waals surface area contributed by atoms with Crippen molar-refractivity contribution in [3.8, 4) is 5.75 Å². The van der Waals surface area contributed by atoms with Crippen LogP contribution < -0.4 is 9.64 Å². The van der Waals surface area contributed by atoms with Crippen molar-refractivity contribution >= 4 is 27.7 Å². The molecule has 0 saturated carbocycles. The van der Waals surface area contributed by atoms with Crippen molar-refractivity contribution in [1.82, 2.24) is 0 Å². The average Bonchev–Trinajstić information content (AvgIpc) is 3.16. The first-order valence-electron chi connectivity index (χ1n) is 10.8. The molecule has 2 heterocycles. The highest BCUT2D eigenvalue weighted by atomic mass is 16.5. The van der Waals surface area contributed by atoms with Crippen LogP contribution in [0.25, 0.3) is 21.7 Å². The lowest BCUT2D eigenvalue weighted by Gasteiger charge is -2.32. The number of esters is 1. The van der Waals surface area contributed by atoms with Gasteiger partial charge in [-0.3, -0.25) is 4.90 Å². The first kappa shape index (κ1) is 19.6. The van der Waals surface area contributed by atoms with E-state index in [1.165, 1.54) is 10.5 Å². The van der Waals surface area contributed by atoms with Gasteiger partial charge in [-0.15, -0.1) is 0 Å². The molecule has 4 aromatic rings. The Morgan fingerprint density at radius 1 is 1.10 bits per heavy atom. The van der Waals surface area contributed by atoms with Crippen molar-refractivity contribution in [2.24, 2.45) is 0 Å². The first-order chi connectivity index (χ1) is 15.1. The quantitative estimate of drug-likeness (QED) is 0.495. The van der Waals surface area contributed by atoms with E-state index < -0.39 is 0 Å². The predicted octanol–water partition coefficient (Wildman–Crippen LogP) is 4.57. The molecule has 0 fully saturated rings. The molecule has 0 spiro atoms. The number of ether oxygens (including phenoxy) is 2. The summed E-state index contributed by atoms with van der Waals surface area (Å²) in [5.74, 6) is 1.08. The maximum atomic E-state index is 12.9. The Morgan fingerprint density at radius 3 is 2.55 bits per heavy atom. The fraction of sp³-hybridized carbons (Fsp3) is 0.269. The van der Waals surface area contributed by atoms with Gasteiger partial charge in [0.25, 0.3) is 0 Å². The summed E-state index contributed by atoms with van der Waals surface area (Å²) in [6.45, 7) is 7.47. The summed E-state index contributed by atoms with van der Waals surface area (Å²) < 4.78 is 17.9. The Hall–Kier alpha value is -3.31. The summed E-state index contributed by atoms with van der Waals surface area (Å²) in [5.41, 5.74) is 3.51. The summed E-state index contributed by atoms with van der Waals surface area (Å²) in [4.78, 5) is 14.2. The van der Waals surface area contributed by atoms with Crippen LogP contribution in [0, 0.1) is 6.92 Å². The van der Waals surface area contributed by atoms with E-state index in [1.807, 2.05) is 38.1 Å². The van der Waals surface area contributed by atoms with Gasteiger partial charge in [0.05, 0.1) is 12.2 Å². The second-order valence-electron chi connectivity index (χ2n) is 8.07. The summed E-state index contributed by atoms with van der Waals surface area (Å²) in [6, 6.07) is 18.8. The van der Waals surface area contributed by atoms with E-state index in [9.17, 15) is 4.79 Å². The molecule has 1 unspecified atom stereocenters. The molecule has 158 valence electrons. The number of fused-ring (bicyclic) bond motifs is 6. The molecule has 5 heteroatoms. The Bertz CT molecular complexity index is 1280. The molecule has 3 aromatic carbocycles. The number of carbonyl (C=O) groups is 1. The molecule has 5 rings (SSSR count). The van der Waals surface area contributed by atoms with Gasteiger partial charge in [0.1, 0.15) is 35.2 Å². The third-order valence-electron chi connectivity index (χ3n) is 6.27. The summed E-state index contributed by atoms with van der Waals surface area (Å²) >= 11 is 0. The van der Waals surface area contributed by atoms with Gasteiger partial charge < -0.3 is 13.9 Å². The zero-order valence-electron chi connectivity index (χ0n) is 18.0. The highest BCUT2D eigenvalue weighted by Crippen LogP contribution is 2.42. The topological polar surface area (TPSA) is 53.1 Å². The number of furan rings is 1. The number of hydrogen-bond donors (Lipinski definition) is 1. The fourth-order valence-electron chi connectivity index (χ4n) is 4.66. The molecule has 0 aliphatic carbocycles. The van der Waals surface area contributed by atoms with E-state index >= 15 is 0 Å². The van der Waals surface area contributed by atoms with E-state index in [-0.39, 0.29) is 12.0 Å². The second-order valence-corrected chi connectivity index (χ2v) is 8.07. The highest BCUT2D eigenvalue weighted by Gasteiger charge is 2.33. The first-order valence-corrected chi connectivity index (χ1v) is 10.8. The van der Waals surface area contributed by atoms with Crippen LogP contribution in [0.15, 0.2) is 59.0 Å². The normalized spacial score (nSPS) is 16.7. The van der Waals surface area contributed by atoms with Crippen LogP contribution in [0.2, 0.25) is 0 Å². The lowest BCUT2D eigenvalue weighted by molar-refractivity contribution is -0.960. The minimum atomic E-state index is -0.348. The van der Waals surface area contributed by atoms with Gasteiger partial charge in [-0.25, -0.2) is 4.79 Å². The lowest BCUT2D eigenvalue weighted by Crippen LogP contribution is -3.12. The molecule has 0 amide bonds. The molecular weight excluding hydrogens is 390 g/mol. The molecule has 0 bridgehead atoms. The van der Waals surface area contributed by atoms with Crippen LogP contribution in [0.3, 0.4) is 0 Å². The van der Waals surface area contributed by atoms with E-state index in [1.54, 1.807) is 0 Å². The van der Waals surface area contributed by atoms with Crippen molar-refractivity contribution < 1.29 is 23.6 Å². The van der Waals surface area contributed by atoms with Gasteiger partial charge in [0.15, 0.2) is 0 Å². The lowest BCUT2D eigenvalue weighted by atomic mass is 9.96. The number of benzene rings is 3. The zero-order chi connectivity index (χ0) is 21.5. The Morgan fingerprint density at radius 2 is 1.81 bits per heavy atom. The smallest absolute Gasteiger partial charge is 0.342 e. The Balaban J connectivity index is 1.72. The third kappa shape index (κ3) is 3.17. The van der Waals surface area contributed by atoms with E-state index in [0.29, 0.717) is 24.7 Å². The molecule has 1 aliphatic rings. The van der Waals surface area contributed by atoms with Crippen molar-refractivity contribution in [1.29, 1.82) is 0 Å². The minimum absolute atomic E-state index is 0.245. The molecule has 1 aromatic heterocycles. The fourth-order valence-corrected chi connectivity index (χ4v) is 4.66. The zero-order valence-corrected chi connectivity index (χ0v) is 18.0. The second kappa shape index (κ2) is 7.75. The van der Waals surface area contributed by atoms with Gasteiger partial charge in [-0.05, 0) is 20.8 Å². The number of aryl methyl sites for hydroxylation is 1. The molecule has 0 saturated heterocycles. The maximum absolute atomic E-state index is 12.9. The molecule has 1 aliphatic heterocycles. The predicted molar refractivity (Wildman–Crippen MR) is 119 cm³/mol. The average molecular weight is 416 g/mol. The van der Waals surface area contributed by atoms with Crippen molar-refractivity contribution in [2.45, 2.75) is 33.4 Å². The summed E-state index contributed by atoms with van der Waals surface area (Å²) in [5, 5.41) is 2.79. The van der Waals surface area contributed by atoms with Crippen LogP contribution in [0.5, 0.6) is 5.75 Å². The number of carbonyl (C=O) groups excluding carboxylic acids is 1. The third-order valence-corrected chi connectivity index (χ3v) is 6.27. The van der Waals surface area contributed by atoms with Gasteiger partial charge >= 0.3 is 5.97 Å². The summed E-state index contributed by atoms with van der Waals surface area (Å²) in [6.07, 6.45) is 0. The van der Waals surface area contributed by atoms with Gasteiger partial charge in [-0.2, -0.15) is 0 Å². The van der Waals surface area contributed by atoms with Crippen LogP contribution in [0.4, 0.5) is 0 Å². The molecule has 0 radical (unpaired) electrons. The SMILES string of the molecule is CCOC(=O)c1c(C)oc2c1c1c(c3ccccc32)OC[NH+]([C@H](C)c2ccccc2)C1. The number of rotatable bonds is 4. The Kier molecular flexibility index (Phi) is 4.91. The van der Waals surface area contributed by atoms with E-state index in [0.717, 1.165) is 39.6 Å². The summed E-state index contributed by atoms with van der Waals surface area (Å²) in [7, 11) is 0. The minimum Gasteiger partial charge on any atom is -0.462 e. The monoisotopic (exact) mass is 416 g/mol. The molecule has 5 nitrogen and oxygen atoms in total. The van der Waals surface area contributed by atoms with Gasteiger partial charge in [0, 0.05) is 21.7 Å². The van der Waals surface area contributed by atoms with Crippen molar-refractivity contribution in [3.63, 3.8) is 0 Å². The van der Waals surface area contributed by atoms with Crippen LogP contribution >= 0.6 is 0 Å². The van der Waals surface area contributed by atoms with Crippen LogP contribution in [-0.2, 0) is 11.3 Å². The number of nitrogens with one attached hydrogen (secondary N) is 1. The standard InChI is InChI=1S/C26H25NO4/c1-4-29-26(28)22-17(3)31-25-20-13-9-8-12-19(20)24-21(23(22)25)14-27(15-30-24)16(2)18-10-6-5-7-11-18/h5-13,16H,4,14-15H2,1-3H3/p+1/t16-/m1/s1.